The highest BCUT2D eigenvalue weighted by Crippen LogP contribution is 2.25. The lowest BCUT2D eigenvalue weighted by molar-refractivity contribution is 0.249. The van der Waals surface area contributed by atoms with E-state index in [9.17, 15) is 0 Å². The summed E-state index contributed by atoms with van der Waals surface area (Å²) in [5.74, 6) is 1.28. The van der Waals surface area contributed by atoms with E-state index in [1.807, 2.05) is 24.3 Å². The minimum atomic E-state index is 0.272. The van der Waals surface area contributed by atoms with E-state index in [1.54, 1.807) is 0 Å². The average Bonchev–Trinajstić information content (AvgIpc) is 2.63. The van der Waals surface area contributed by atoms with Gasteiger partial charge in [0.2, 0.25) is 0 Å². The Kier molecular flexibility index (Phi) is 2.91. The number of nitrogens with zero attached hydrogens (tertiary/aromatic N) is 1. The van der Waals surface area contributed by atoms with Crippen LogP contribution >= 0.6 is 15.9 Å². The maximum atomic E-state index is 5.59. The Hall–Kier alpha value is -1.49. The minimum Gasteiger partial charge on any atom is -0.484 e. The first-order chi connectivity index (χ1) is 7.27. The maximum absolute atomic E-state index is 5.59. The first kappa shape index (κ1) is 10.0. The molecule has 0 atom stereocenters. The summed E-state index contributed by atoms with van der Waals surface area (Å²) in [7, 11) is 0. The molecule has 15 heavy (non-hydrogen) atoms. The van der Waals surface area contributed by atoms with Gasteiger partial charge in [0.05, 0.1) is 16.4 Å². The van der Waals surface area contributed by atoms with Gasteiger partial charge in [-0.15, -0.1) is 0 Å². The number of hydrogen-bond acceptors (Lipinski definition) is 4. The normalized spacial score (nSPS) is 10.2. The van der Waals surface area contributed by atoms with E-state index in [4.69, 9.17) is 15.0 Å². The zero-order chi connectivity index (χ0) is 10.7. The lowest BCUT2D eigenvalue weighted by Crippen LogP contribution is -1.97. The number of rotatable bonds is 3. The quantitative estimate of drug-likeness (QED) is 0.930. The van der Waals surface area contributed by atoms with Crippen LogP contribution in [0.5, 0.6) is 5.75 Å². The van der Waals surface area contributed by atoms with Crippen molar-refractivity contribution < 1.29 is 9.26 Å². The average molecular weight is 269 g/mol. The van der Waals surface area contributed by atoms with E-state index in [1.165, 1.54) is 6.20 Å². The fraction of sp³-hybridized carbons (Fsp3) is 0.100. The molecular weight excluding hydrogens is 260 g/mol. The van der Waals surface area contributed by atoms with E-state index in [0.29, 0.717) is 11.4 Å². The number of aromatic nitrogens is 1. The highest BCUT2D eigenvalue weighted by Gasteiger charge is 2.06. The fourth-order valence-electron chi connectivity index (χ4n) is 1.09. The highest BCUT2D eigenvalue weighted by molar-refractivity contribution is 9.10. The number of para-hydroxylation sites is 1. The predicted molar refractivity (Wildman–Crippen MR) is 59.4 cm³/mol. The molecule has 1 aromatic heterocycles. The zero-order valence-electron chi connectivity index (χ0n) is 7.81. The number of benzene rings is 1. The SMILES string of the molecule is Nc1cnoc1COc1ccccc1Br. The first-order valence-corrected chi connectivity index (χ1v) is 5.13. The molecule has 0 bridgehead atoms. The molecule has 0 spiro atoms. The summed E-state index contributed by atoms with van der Waals surface area (Å²) in [5, 5.41) is 3.56. The van der Waals surface area contributed by atoms with Gasteiger partial charge in [-0.05, 0) is 28.1 Å². The maximum Gasteiger partial charge on any atom is 0.196 e. The smallest absolute Gasteiger partial charge is 0.196 e. The van der Waals surface area contributed by atoms with Gasteiger partial charge in [-0.1, -0.05) is 17.3 Å². The Morgan fingerprint density at radius 2 is 2.20 bits per heavy atom. The number of nitrogens with two attached hydrogens (primary N) is 1. The largest absolute Gasteiger partial charge is 0.484 e. The fourth-order valence-corrected chi connectivity index (χ4v) is 1.49. The van der Waals surface area contributed by atoms with Crippen LogP contribution in [0.2, 0.25) is 0 Å². The third kappa shape index (κ3) is 2.30. The molecule has 0 aliphatic carbocycles. The molecule has 4 nitrogen and oxygen atoms in total. The molecule has 0 aliphatic heterocycles. The van der Waals surface area contributed by atoms with Crippen LogP contribution in [0.15, 0.2) is 39.5 Å². The van der Waals surface area contributed by atoms with Crippen LogP contribution in [0.1, 0.15) is 5.76 Å². The lowest BCUT2D eigenvalue weighted by atomic mass is 10.3. The standard InChI is InChI=1S/C10H9BrN2O2/c11-7-3-1-2-4-9(7)14-6-10-8(12)5-13-15-10/h1-5H,6,12H2. The molecule has 2 N–H and O–H groups in total. The van der Waals surface area contributed by atoms with Crippen molar-refractivity contribution in [3.05, 3.63) is 40.7 Å². The summed E-state index contributed by atoms with van der Waals surface area (Å²) in [6.45, 7) is 0.272. The molecular formula is C10H9BrN2O2. The van der Waals surface area contributed by atoms with Crippen LogP contribution < -0.4 is 10.5 Å². The Labute approximate surface area is 95.1 Å². The van der Waals surface area contributed by atoms with Crippen molar-refractivity contribution in [2.45, 2.75) is 6.61 Å². The molecule has 0 amide bonds. The van der Waals surface area contributed by atoms with Crippen molar-refractivity contribution in [1.29, 1.82) is 0 Å². The van der Waals surface area contributed by atoms with Crippen LogP contribution in [0.3, 0.4) is 0 Å². The van der Waals surface area contributed by atoms with Gasteiger partial charge in [-0.2, -0.15) is 0 Å². The van der Waals surface area contributed by atoms with E-state index < -0.39 is 0 Å². The summed E-state index contributed by atoms with van der Waals surface area (Å²) < 4.78 is 11.3. The van der Waals surface area contributed by atoms with Crippen molar-refractivity contribution in [3.8, 4) is 5.75 Å². The van der Waals surface area contributed by atoms with Gasteiger partial charge >= 0.3 is 0 Å². The van der Waals surface area contributed by atoms with Gasteiger partial charge in [-0.25, -0.2) is 0 Å². The number of halogens is 1. The van der Waals surface area contributed by atoms with Crippen molar-refractivity contribution >= 4 is 21.6 Å². The van der Waals surface area contributed by atoms with Gasteiger partial charge in [0.25, 0.3) is 0 Å². The summed E-state index contributed by atoms with van der Waals surface area (Å²) in [6.07, 6.45) is 1.46. The second-order valence-corrected chi connectivity index (χ2v) is 3.78. The Morgan fingerprint density at radius 3 is 2.87 bits per heavy atom. The number of nitrogen functional groups attached to an aromatic ring is 1. The van der Waals surface area contributed by atoms with E-state index in [0.717, 1.165) is 10.2 Å². The van der Waals surface area contributed by atoms with Crippen LogP contribution in [0.4, 0.5) is 5.69 Å². The molecule has 1 heterocycles. The first-order valence-electron chi connectivity index (χ1n) is 4.33. The minimum absolute atomic E-state index is 0.272. The second kappa shape index (κ2) is 4.35. The summed E-state index contributed by atoms with van der Waals surface area (Å²) in [5.41, 5.74) is 6.10. The van der Waals surface area contributed by atoms with Crippen LogP contribution in [0.25, 0.3) is 0 Å². The molecule has 0 saturated carbocycles. The molecule has 0 saturated heterocycles. The number of hydrogen-bond donors (Lipinski definition) is 1. The van der Waals surface area contributed by atoms with Crippen molar-refractivity contribution in [3.63, 3.8) is 0 Å². The van der Waals surface area contributed by atoms with Gasteiger partial charge in [0, 0.05) is 0 Å². The Bertz CT molecular complexity index is 456. The molecule has 2 aromatic rings. The molecule has 1 aromatic carbocycles. The van der Waals surface area contributed by atoms with Crippen molar-refractivity contribution in [2.24, 2.45) is 0 Å². The van der Waals surface area contributed by atoms with Gasteiger partial charge < -0.3 is 15.0 Å². The lowest BCUT2D eigenvalue weighted by Gasteiger charge is -2.05. The number of anilines is 1. The van der Waals surface area contributed by atoms with Crippen LogP contribution in [-0.2, 0) is 6.61 Å². The summed E-state index contributed by atoms with van der Waals surface area (Å²) in [4.78, 5) is 0. The molecule has 2 rings (SSSR count). The topological polar surface area (TPSA) is 61.3 Å². The third-order valence-corrected chi connectivity index (χ3v) is 2.53. The predicted octanol–water partition coefficient (Wildman–Crippen LogP) is 2.60. The second-order valence-electron chi connectivity index (χ2n) is 2.92. The molecule has 0 fully saturated rings. The van der Waals surface area contributed by atoms with Crippen LogP contribution in [0, 0.1) is 0 Å². The van der Waals surface area contributed by atoms with E-state index >= 15 is 0 Å². The highest BCUT2D eigenvalue weighted by atomic mass is 79.9. The van der Waals surface area contributed by atoms with Gasteiger partial charge in [0.15, 0.2) is 12.4 Å². The monoisotopic (exact) mass is 268 g/mol. The van der Waals surface area contributed by atoms with E-state index in [-0.39, 0.29) is 6.61 Å². The Morgan fingerprint density at radius 1 is 1.40 bits per heavy atom. The molecule has 5 heteroatoms. The molecule has 0 radical (unpaired) electrons. The molecule has 78 valence electrons. The summed E-state index contributed by atoms with van der Waals surface area (Å²) >= 11 is 3.38. The number of ether oxygens (including phenoxy) is 1. The van der Waals surface area contributed by atoms with Gasteiger partial charge in [-0.3, -0.25) is 0 Å². The Balaban J connectivity index is 2.06. The zero-order valence-corrected chi connectivity index (χ0v) is 9.40. The van der Waals surface area contributed by atoms with E-state index in [2.05, 4.69) is 21.1 Å². The van der Waals surface area contributed by atoms with Gasteiger partial charge in [0.1, 0.15) is 5.75 Å². The molecule has 0 unspecified atom stereocenters. The summed E-state index contributed by atoms with van der Waals surface area (Å²) in [6, 6.07) is 7.57. The van der Waals surface area contributed by atoms with Crippen LogP contribution in [-0.4, -0.2) is 5.16 Å². The van der Waals surface area contributed by atoms with Crippen molar-refractivity contribution in [1.82, 2.24) is 5.16 Å². The van der Waals surface area contributed by atoms with Crippen molar-refractivity contribution in [2.75, 3.05) is 5.73 Å². The molecule has 0 aliphatic rings. The third-order valence-electron chi connectivity index (χ3n) is 1.87.